The highest BCUT2D eigenvalue weighted by Crippen LogP contribution is 2.24. The van der Waals surface area contributed by atoms with Crippen LogP contribution in [0.25, 0.3) is 0 Å². The second-order valence-electron chi connectivity index (χ2n) is 7.28. The molecule has 0 aromatic heterocycles. The summed E-state index contributed by atoms with van der Waals surface area (Å²) in [6.07, 6.45) is 1.06. The van der Waals surface area contributed by atoms with Crippen molar-refractivity contribution in [2.75, 3.05) is 0 Å². The maximum Gasteiger partial charge on any atom is 0.243 e. The van der Waals surface area contributed by atoms with Gasteiger partial charge in [-0.15, -0.1) is 0 Å². The molecule has 0 bridgehead atoms. The van der Waals surface area contributed by atoms with Crippen molar-refractivity contribution in [3.05, 3.63) is 69.5 Å². The van der Waals surface area contributed by atoms with Crippen LogP contribution in [0, 0.1) is 5.82 Å². The van der Waals surface area contributed by atoms with Gasteiger partial charge in [-0.25, -0.2) is 4.39 Å². The third-order valence-electron chi connectivity index (χ3n) is 5.02. The van der Waals surface area contributed by atoms with E-state index in [0.717, 1.165) is 12.0 Å². The molecule has 0 aliphatic rings. The van der Waals surface area contributed by atoms with Crippen LogP contribution in [0.4, 0.5) is 4.39 Å². The minimum absolute atomic E-state index is 0.0138. The molecule has 2 amide bonds. The molecule has 162 valence electrons. The van der Waals surface area contributed by atoms with Gasteiger partial charge in [0.2, 0.25) is 11.8 Å². The Balaban J connectivity index is 2.34. The van der Waals surface area contributed by atoms with Crippen molar-refractivity contribution < 1.29 is 14.0 Å². The molecule has 0 aliphatic heterocycles. The van der Waals surface area contributed by atoms with E-state index in [4.69, 9.17) is 23.2 Å². The largest absolute Gasteiger partial charge is 0.352 e. The molecule has 0 saturated carbocycles. The van der Waals surface area contributed by atoms with Crippen LogP contribution in [0.5, 0.6) is 0 Å². The molecule has 2 rings (SSSR count). The topological polar surface area (TPSA) is 49.4 Å². The minimum atomic E-state index is -0.687. The van der Waals surface area contributed by atoms with Gasteiger partial charge in [0, 0.05) is 12.6 Å². The molecular formula is C23H27Cl2FN2O2. The number of rotatable bonds is 9. The molecular weight excluding hydrogens is 426 g/mol. The lowest BCUT2D eigenvalue weighted by Gasteiger charge is -2.31. The molecule has 0 aliphatic carbocycles. The summed E-state index contributed by atoms with van der Waals surface area (Å²) in [6, 6.07) is 10.5. The zero-order valence-electron chi connectivity index (χ0n) is 17.4. The quantitative estimate of drug-likeness (QED) is 0.553. The normalized spacial score (nSPS) is 12.9. The Morgan fingerprint density at radius 2 is 1.77 bits per heavy atom. The van der Waals surface area contributed by atoms with Gasteiger partial charge < -0.3 is 10.2 Å². The highest BCUT2D eigenvalue weighted by atomic mass is 35.5. The third-order valence-corrected chi connectivity index (χ3v) is 5.76. The zero-order chi connectivity index (χ0) is 22.3. The SMILES string of the molecule is CC[C@H](C)NC(=O)[C@H](CC)N(Cc1ccc(Cl)c(Cl)c1)C(=O)Cc1ccccc1F. The number of benzene rings is 2. The van der Waals surface area contributed by atoms with Crippen molar-refractivity contribution >= 4 is 35.0 Å². The van der Waals surface area contributed by atoms with E-state index in [1.54, 1.807) is 36.4 Å². The Hall–Kier alpha value is -2.11. The third kappa shape index (κ3) is 6.44. The van der Waals surface area contributed by atoms with Gasteiger partial charge in [0.25, 0.3) is 0 Å². The van der Waals surface area contributed by atoms with E-state index in [1.165, 1.54) is 11.0 Å². The predicted octanol–water partition coefficient (Wildman–Crippen LogP) is 5.40. The smallest absolute Gasteiger partial charge is 0.243 e. The highest BCUT2D eigenvalue weighted by molar-refractivity contribution is 6.42. The fraction of sp³-hybridized carbons (Fsp3) is 0.391. The number of carbonyl (C=O) groups is 2. The number of hydrogen-bond donors (Lipinski definition) is 1. The lowest BCUT2D eigenvalue weighted by Crippen LogP contribution is -2.51. The van der Waals surface area contributed by atoms with Crippen molar-refractivity contribution in [1.82, 2.24) is 10.2 Å². The second kappa shape index (κ2) is 11.3. The molecule has 4 nitrogen and oxygen atoms in total. The Bertz CT molecular complexity index is 891. The van der Waals surface area contributed by atoms with Crippen molar-refractivity contribution in [3.8, 4) is 0 Å². The molecule has 2 aromatic rings. The van der Waals surface area contributed by atoms with E-state index >= 15 is 0 Å². The van der Waals surface area contributed by atoms with Crippen LogP contribution in [0.15, 0.2) is 42.5 Å². The summed E-state index contributed by atoms with van der Waals surface area (Å²) in [4.78, 5) is 27.6. The van der Waals surface area contributed by atoms with E-state index in [1.807, 2.05) is 20.8 Å². The number of nitrogens with zero attached hydrogens (tertiary/aromatic N) is 1. The Kier molecular flexibility index (Phi) is 9.12. The first-order chi connectivity index (χ1) is 14.3. The van der Waals surface area contributed by atoms with E-state index < -0.39 is 11.9 Å². The second-order valence-corrected chi connectivity index (χ2v) is 8.09. The molecule has 2 atom stereocenters. The first-order valence-electron chi connectivity index (χ1n) is 10.0. The number of carbonyl (C=O) groups excluding carboxylic acids is 2. The Morgan fingerprint density at radius 3 is 2.37 bits per heavy atom. The lowest BCUT2D eigenvalue weighted by atomic mass is 10.1. The summed E-state index contributed by atoms with van der Waals surface area (Å²) >= 11 is 12.1. The fourth-order valence-corrected chi connectivity index (χ4v) is 3.42. The summed E-state index contributed by atoms with van der Waals surface area (Å²) in [5, 5.41) is 3.72. The number of hydrogen-bond acceptors (Lipinski definition) is 2. The van der Waals surface area contributed by atoms with Crippen LogP contribution in [0.1, 0.15) is 44.7 Å². The molecule has 0 heterocycles. The Labute approximate surface area is 187 Å². The lowest BCUT2D eigenvalue weighted by molar-refractivity contribution is -0.141. The molecule has 0 spiro atoms. The van der Waals surface area contributed by atoms with Crippen molar-refractivity contribution in [2.24, 2.45) is 0 Å². The van der Waals surface area contributed by atoms with E-state index in [-0.39, 0.29) is 30.8 Å². The first-order valence-corrected chi connectivity index (χ1v) is 10.8. The summed E-state index contributed by atoms with van der Waals surface area (Å²) in [6.45, 7) is 5.90. The van der Waals surface area contributed by atoms with Crippen LogP contribution in [-0.4, -0.2) is 28.8 Å². The van der Waals surface area contributed by atoms with Gasteiger partial charge in [-0.2, -0.15) is 0 Å². The van der Waals surface area contributed by atoms with Crippen LogP contribution >= 0.6 is 23.2 Å². The van der Waals surface area contributed by atoms with E-state index in [2.05, 4.69) is 5.32 Å². The van der Waals surface area contributed by atoms with Gasteiger partial charge in [-0.05, 0) is 49.1 Å². The summed E-state index contributed by atoms with van der Waals surface area (Å²) in [7, 11) is 0. The van der Waals surface area contributed by atoms with Crippen molar-refractivity contribution in [1.29, 1.82) is 0 Å². The highest BCUT2D eigenvalue weighted by Gasteiger charge is 2.29. The van der Waals surface area contributed by atoms with Gasteiger partial charge >= 0.3 is 0 Å². The van der Waals surface area contributed by atoms with Crippen molar-refractivity contribution in [2.45, 2.75) is 58.7 Å². The zero-order valence-corrected chi connectivity index (χ0v) is 18.9. The van der Waals surface area contributed by atoms with Gasteiger partial charge in [0.15, 0.2) is 0 Å². The molecule has 0 fully saturated rings. The molecule has 0 radical (unpaired) electrons. The fourth-order valence-electron chi connectivity index (χ4n) is 3.10. The number of halogens is 3. The first kappa shape index (κ1) is 24.2. The monoisotopic (exact) mass is 452 g/mol. The van der Waals surface area contributed by atoms with Crippen LogP contribution < -0.4 is 5.32 Å². The van der Waals surface area contributed by atoms with Gasteiger partial charge in [0.1, 0.15) is 11.9 Å². The van der Waals surface area contributed by atoms with Crippen LogP contribution in [0.2, 0.25) is 10.0 Å². The maximum atomic E-state index is 14.1. The summed E-state index contributed by atoms with van der Waals surface area (Å²) in [5.41, 5.74) is 1.03. The van der Waals surface area contributed by atoms with Gasteiger partial charge in [-0.3, -0.25) is 9.59 Å². The Morgan fingerprint density at radius 1 is 1.07 bits per heavy atom. The van der Waals surface area contributed by atoms with Crippen molar-refractivity contribution in [3.63, 3.8) is 0 Å². The maximum absolute atomic E-state index is 14.1. The molecule has 0 unspecified atom stereocenters. The van der Waals surface area contributed by atoms with E-state index in [0.29, 0.717) is 22.0 Å². The van der Waals surface area contributed by atoms with Gasteiger partial charge in [-0.1, -0.05) is 61.3 Å². The average Bonchev–Trinajstić information content (AvgIpc) is 2.72. The number of nitrogens with one attached hydrogen (secondary N) is 1. The van der Waals surface area contributed by atoms with Crippen LogP contribution in [-0.2, 0) is 22.6 Å². The van der Waals surface area contributed by atoms with E-state index in [9.17, 15) is 14.0 Å². The molecule has 7 heteroatoms. The van der Waals surface area contributed by atoms with Gasteiger partial charge in [0.05, 0.1) is 16.5 Å². The molecule has 2 aromatic carbocycles. The molecule has 1 N–H and O–H groups in total. The minimum Gasteiger partial charge on any atom is -0.352 e. The average molecular weight is 453 g/mol. The predicted molar refractivity (Wildman–Crippen MR) is 119 cm³/mol. The number of amides is 2. The molecule has 30 heavy (non-hydrogen) atoms. The summed E-state index contributed by atoms with van der Waals surface area (Å²) < 4.78 is 14.1. The standard InChI is InChI=1S/C23H27Cl2FN2O2/c1-4-15(3)27-23(30)21(5-2)28(14-16-10-11-18(24)19(25)12-16)22(29)13-17-8-6-7-9-20(17)26/h6-12,15,21H,4-5,13-14H2,1-3H3,(H,27,30)/t15-,21-/m0/s1. The van der Waals surface area contributed by atoms with Crippen LogP contribution in [0.3, 0.4) is 0 Å². The summed E-state index contributed by atoms with van der Waals surface area (Å²) in [5.74, 6) is -1.01. The molecule has 0 saturated heterocycles.